The first-order valence-electron chi connectivity index (χ1n) is 5.32. The summed E-state index contributed by atoms with van der Waals surface area (Å²) >= 11 is 3.47. The van der Waals surface area contributed by atoms with Gasteiger partial charge in [0.2, 0.25) is 0 Å². The van der Waals surface area contributed by atoms with E-state index in [-0.39, 0.29) is 11.9 Å². The van der Waals surface area contributed by atoms with E-state index in [9.17, 15) is 4.39 Å². The van der Waals surface area contributed by atoms with Crippen molar-refractivity contribution in [3.8, 4) is 0 Å². The van der Waals surface area contributed by atoms with Crippen LogP contribution in [0.3, 0.4) is 0 Å². The average molecular weight is 273 g/mol. The van der Waals surface area contributed by atoms with Gasteiger partial charge in [-0.1, -0.05) is 29.3 Å². The van der Waals surface area contributed by atoms with Crippen LogP contribution in [0.2, 0.25) is 0 Å². The predicted octanol–water partition coefficient (Wildman–Crippen LogP) is 4.00. The highest BCUT2D eigenvalue weighted by Gasteiger charge is 2.25. The molecule has 1 aliphatic rings. The van der Waals surface area contributed by atoms with Crippen molar-refractivity contribution < 1.29 is 9.13 Å². The first-order chi connectivity index (χ1) is 7.24. The maximum atomic E-state index is 13.7. The van der Waals surface area contributed by atoms with Crippen LogP contribution in [-0.4, -0.2) is 6.61 Å². The van der Waals surface area contributed by atoms with Crippen molar-refractivity contribution >= 4 is 15.9 Å². The molecule has 0 N–H and O–H groups in total. The van der Waals surface area contributed by atoms with Crippen LogP contribution in [0.25, 0.3) is 0 Å². The zero-order valence-electron chi connectivity index (χ0n) is 8.72. The molecule has 3 heteroatoms. The summed E-state index contributed by atoms with van der Waals surface area (Å²) in [5.74, 6) is -0.133. The molecule has 15 heavy (non-hydrogen) atoms. The maximum Gasteiger partial charge on any atom is 0.129 e. The van der Waals surface area contributed by atoms with Crippen LogP contribution in [-0.2, 0) is 11.2 Å². The Hall–Kier alpha value is -0.410. The minimum Gasteiger partial charge on any atom is -0.373 e. The Kier molecular flexibility index (Phi) is 3.42. The Morgan fingerprint density at radius 1 is 1.53 bits per heavy atom. The van der Waals surface area contributed by atoms with Crippen molar-refractivity contribution in [3.05, 3.63) is 33.5 Å². The molecule has 0 saturated carbocycles. The van der Waals surface area contributed by atoms with Gasteiger partial charge in [0, 0.05) is 10.0 Å². The third kappa shape index (κ3) is 2.08. The van der Waals surface area contributed by atoms with Gasteiger partial charge in [-0.05, 0) is 30.5 Å². The molecule has 0 aromatic heterocycles. The van der Waals surface area contributed by atoms with Gasteiger partial charge in [-0.15, -0.1) is 0 Å². The topological polar surface area (TPSA) is 9.23 Å². The number of benzene rings is 1. The van der Waals surface area contributed by atoms with E-state index in [0.29, 0.717) is 6.61 Å². The normalized spacial score (nSPS) is 20.1. The Morgan fingerprint density at radius 3 is 3.07 bits per heavy atom. The Morgan fingerprint density at radius 2 is 2.33 bits per heavy atom. The van der Waals surface area contributed by atoms with Crippen molar-refractivity contribution in [2.24, 2.45) is 0 Å². The number of hydrogen-bond acceptors (Lipinski definition) is 1. The molecule has 1 atom stereocenters. The van der Waals surface area contributed by atoms with Gasteiger partial charge in [-0.3, -0.25) is 0 Å². The van der Waals surface area contributed by atoms with Crippen molar-refractivity contribution in [3.63, 3.8) is 0 Å². The number of hydrogen-bond donors (Lipinski definition) is 0. The van der Waals surface area contributed by atoms with Crippen molar-refractivity contribution in [2.75, 3.05) is 6.61 Å². The molecule has 2 rings (SSSR count). The first kappa shape index (κ1) is 11.1. The van der Waals surface area contributed by atoms with Crippen LogP contribution >= 0.6 is 15.9 Å². The van der Waals surface area contributed by atoms with Gasteiger partial charge in [0.05, 0.1) is 12.7 Å². The SMILES string of the molecule is CCCC1OCCc2c(Br)ccc(F)c21. The highest BCUT2D eigenvalue weighted by atomic mass is 79.9. The molecule has 1 heterocycles. The molecule has 1 aromatic carbocycles. The maximum absolute atomic E-state index is 13.7. The van der Waals surface area contributed by atoms with Crippen LogP contribution in [0, 0.1) is 5.82 Å². The summed E-state index contributed by atoms with van der Waals surface area (Å²) < 4.78 is 20.3. The van der Waals surface area contributed by atoms with E-state index < -0.39 is 0 Å². The van der Waals surface area contributed by atoms with Gasteiger partial charge in [0.15, 0.2) is 0 Å². The second-order valence-electron chi connectivity index (χ2n) is 3.82. The third-order valence-electron chi connectivity index (χ3n) is 2.79. The van der Waals surface area contributed by atoms with Crippen molar-refractivity contribution in [1.82, 2.24) is 0 Å². The molecular formula is C12H14BrFO. The van der Waals surface area contributed by atoms with Crippen molar-refractivity contribution in [1.29, 1.82) is 0 Å². The van der Waals surface area contributed by atoms with Crippen LogP contribution in [0.15, 0.2) is 16.6 Å². The van der Waals surface area contributed by atoms with E-state index in [2.05, 4.69) is 22.9 Å². The molecule has 0 fully saturated rings. The van der Waals surface area contributed by atoms with Crippen LogP contribution in [0.1, 0.15) is 37.0 Å². The van der Waals surface area contributed by atoms with E-state index in [1.54, 1.807) is 6.07 Å². The fourth-order valence-corrected chi connectivity index (χ4v) is 2.63. The lowest BCUT2D eigenvalue weighted by Crippen LogP contribution is -2.18. The summed E-state index contributed by atoms with van der Waals surface area (Å²) in [6.07, 6.45) is 2.64. The molecule has 0 saturated heterocycles. The Balaban J connectivity index is 2.45. The van der Waals surface area contributed by atoms with Gasteiger partial charge < -0.3 is 4.74 Å². The lowest BCUT2D eigenvalue weighted by atomic mass is 9.94. The van der Waals surface area contributed by atoms with E-state index >= 15 is 0 Å². The average Bonchev–Trinajstić information content (AvgIpc) is 2.24. The number of rotatable bonds is 2. The van der Waals surface area contributed by atoms with Crippen LogP contribution in [0.4, 0.5) is 4.39 Å². The number of fused-ring (bicyclic) bond motifs is 1. The molecule has 0 spiro atoms. The molecule has 1 aliphatic heterocycles. The second-order valence-corrected chi connectivity index (χ2v) is 4.67. The zero-order chi connectivity index (χ0) is 10.8. The summed E-state index contributed by atoms with van der Waals surface area (Å²) in [4.78, 5) is 0. The smallest absolute Gasteiger partial charge is 0.129 e. The van der Waals surface area contributed by atoms with E-state index in [4.69, 9.17) is 4.74 Å². The molecule has 1 unspecified atom stereocenters. The van der Waals surface area contributed by atoms with Gasteiger partial charge in [-0.25, -0.2) is 4.39 Å². The zero-order valence-corrected chi connectivity index (χ0v) is 10.3. The summed E-state index contributed by atoms with van der Waals surface area (Å²) in [7, 11) is 0. The van der Waals surface area contributed by atoms with Gasteiger partial charge in [0.1, 0.15) is 5.82 Å². The minimum atomic E-state index is -0.133. The second kappa shape index (κ2) is 4.62. The predicted molar refractivity (Wildman–Crippen MR) is 61.4 cm³/mol. The summed E-state index contributed by atoms with van der Waals surface area (Å²) in [5.41, 5.74) is 1.84. The Labute approximate surface area is 97.8 Å². The molecule has 1 aromatic rings. The van der Waals surface area contributed by atoms with Gasteiger partial charge in [-0.2, -0.15) is 0 Å². The first-order valence-corrected chi connectivity index (χ1v) is 6.11. The van der Waals surface area contributed by atoms with Crippen molar-refractivity contribution in [2.45, 2.75) is 32.3 Å². The molecular weight excluding hydrogens is 259 g/mol. The number of ether oxygens (including phenoxy) is 1. The third-order valence-corrected chi connectivity index (χ3v) is 3.53. The quantitative estimate of drug-likeness (QED) is 0.791. The lowest BCUT2D eigenvalue weighted by molar-refractivity contribution is 0.0331. The molecule has 0 aliphatic carbocycles. The lowest BCUT2D eigenvalue weighted by Gasteiger charge is -2.27. The van der Waals surface area contributed by atoms with Crippen LogP contribution < -0.4 is 0 Å². The standard InChI is InChI=1S/C12H14BrFO/c1-2-3-11-12-8(6-7-15-11)9(13)4-5-10(12)14/h4-5,11H,2-3,6-7H2,1H3. The molecule has 1 nitrogen and oxygen atoms in total. The largest absolute Gasteiger partial charge is 0.373 e. The monoisotopic (exact) mass is 272 g/mol. The summed E-state index contributed by atoms with van der Waals surface area (Å²) in [6.45, 7) is 2.78. The van der Waals surface area contributed by atoms with E-state index in [1.807, 2.05) is 0 Å². The van der Waals surface area contributed by atoms with Gasteiger partial charge in [0.25, 0.3) is 0 Å². The molecule has 0 bridgehead atoms. The van der Waals surface area contributed by atoms with E-state index in [0.717, 1.165) is 34.9 Å². The molecule has 82 valence electrons. The van der Waals surface area contributed by atoms with E-state index in [1.165, 1.54) is 6.07 Å². The molecule has 0 radical (unpaired) electrons. The number of halogens is 2. The summed E-state index contributed by atoms with van der Waals surface area (Å²) in [5, 5.41) is 0. The molecule has 0 amide bonds. The highest BCUT2D eigenvalue weighted by molar-refractivity contribution is 9.10. The minimum absolute atomic E-state index is 0.0590. The fraction of sp³-hybridized carbons (Fsp3) is 0.500. The fourth-order valence-electron chi connectivity index (χ4n) is 2.09. The summed E-state index contributed by atoms with van der Waals surface area (Å²) in [6, 6.07) is 3.29. The van der Waals surface area contributed by atoms with Crippen LogP contribution in [0.5, 0.6) is 0 Å². The Bertz CT molecular complexity index is 365. The highest BCUT2D eigenvalue weighted by Crippen LogP contribution is 2.36. The van der Waals surface area contributed by atoms with Gasteiger partial charge >= 0.3 is 0 Å².